The first kappa shape index (κ1) is 31.0. The van der Waals surface area contributed by atoms with Crippen LogP contribution in [0, 0.1) is 45.3 Å². The Morgan fingerprint density at radius 3 is 1.44 bits per heavy atom. The fourth-order valence-electron chi connectivity index (χ4n) is 9.19. The van der Waals surface area contributed by atoms with Gasteiger partial charge in [0.2, 0.25) is 0 Å². The minimum atomic E-state index is 0.458. The van der Waals surface area contributed by atoms with Crippen molar-refractivity contribution in [2.24, 2.45) is 45.3 Å². The fourth-order valence-corrected chi connectivity index (χ4v) is 9.89. The molecule has 36 heavy (non-hydrogen) atoms. The molecule has 210 valence electrons. The molecule has 1 aliphatic heterocycles. The van der Waals surface area contributed by atoms with E-state index in [2.05, 4.69) is 91.8 Å². The van der Waals surface area contributed by atoms with Crippen LogP contribution in [0.5, 0.6) is 0 Å². The molecule has 4 aliphatic carbocycles. The second kappa shape index (κ2) is 11.9. The summed E-state index contributed by atoms with van der Waals surface area (Å²) in [6.07, 6.45) is 16.0. The van der Waals surface area contributed by atoms with Crippen LogP contribution in [0.3, 0.4) is 0 Å². The van der Waals surface area contributed by atoms with E-state index in [1.54, 1.807) is 11.1 Å². The number of fused-ring (bicyclic) bond motifs is 1. The summed E-state index contributed by atoms with van der Waals surface area (Å²) in [5.41, 5.74) is 5.68. The lowest BCUT2D eigenvalue weighted by atomic mass is 9.69. The van der Waals surface area contributed by atoms with E-state index in [4.69, 9.17) is 4.74 Å². The molecule has 3 fully saturated rings. The second-order valence-corrected chi connectivity index (χ2v) is 16.2. The molecule has 2 saturated carbocycles. The number of hydrogen-bond donors (Lipinski definition) is 0. The normalized spacial score (nSPS) is 36.1. The summed E-state index contributed by atoms with van der Waals surface area (Å²) in [7, 11) is 0. The Labute approximate surface area is 239 Å². The molecule has 0 N–H and O–H groups in total. The standard InChI is InChI=1S/C14H26.C14H24.C6H11IO/c2*1-10-13(2,3)11-8-6-7-9-12(11)14(10,4)5;7-5-6-3-1-2-4-8-6/h10-12H,6-9H2,1-5H3;10H,6-9H2,1-5H3;6H,1-5H2. The van der Waals surface area contributed by atoms with Crippen LogP contribution in [0.4, 0.5) is 0 Å². The Morgan fingerprint density at radius 2 is 1.08 bits per heavy atom. The maximum Gasteiger partial charge on any atom is 0.0664 e. The first-order valence-corrected chi connectivity index (χ1v) is 17.1. The molecule has 2 heteroatoms. The highest BCUT2D eigenvalue weighted by Gasteiger charge is 2.57. The van der Waals surface area contributed by atoms with E-state index in [1.807, 2.05) is 0 Å². The lowest BCUT2D eigenvalue weighted by molar-refractivity contribution is 0.0333. The summed E-state index contributed by atoms with van der Waals surface area (Å²) in [5, 5.41) is 0. The van der Waals surface area contributed by atoms with E-state index >= 15 is 0 Å². The number of rotatable bonds is 1. The average Bonchev–Trinajstić information content (AvgIpc) is 3.10. The maximum atomic E-state index is 5.42. The quantitative estimate of drug-likeness (QED) is 0.163. The van der Waals surface area contributed by atoms with Crippen LogP contribution >= 0.6 is 22.6 Å². The van der Waals surface area contributed by atoms with E-state index in [0.717, 1.165) is 34.7 Å². The fraction of sp³-hybridized carbons (Fsp3) is 0.941. The van der Waals surface area contributed by atoms with Gasteiger partial charge in [0.05, 0.1) is 6.10 Å². The molecule has 1 nitrogen and oxygen atoms in total. The van der Waals surface area contributed by atoms with Crippen molar-refractivity contribution in [1.29, 1.82) is 0 Å². The van der Waals surface area contributed by atoms with Crippen LogP contribution in [-0.2, 0) is 4.74 Å². The summed E-state index contributed by atoms with van der Waals surface area (Å²) in [6, 6.07) is 0. The summed E-state index contributed by atoms with van der Waals surface area (Å²) in [4.78, 5) is 0. The van der Waals surface area contributed by atoms with Gasteiger partial charge in [-0.1, -0.05) is 116 Å². The first-order valence-electron chi connectivity index (χ1n) is 15.6. The molecule has 0 amide bonds. The van der Waals surface area contributed by atoms with Crippen molar-refractivity contribution in [3.05, 3.63) is 11.1 Å². The van der Waals surface area contributed by atoms with Crippen LogP contribution in [-0.4, -0.2) is 17.1 Å². The third kappa shape index (κ3) is 5.95. The molecular formula is C34H61IO. The summed E-state index contributed by atoms with van der Waals surface area (Å²) < 4.78 is 6.58. The lowest BCUT2D eigenvalue weighted by Crippen LogP contribution is -2.27. The third-order valence-electron chi connectivity index (χ3n) is 12.5. The number of halogens is 1. The molecule has 1 heterocycles. The van der Waals surface area contributed by atoms with Gasteiger partial charge in [0.25, 0.3) is 0 Å². The Balaban J connectivity index is 0.000000157. The van der Waals surface area contributed by atoms with E-state index in [9.17, 15) is 0 Å². The molecule has 1 saturated heterocycles. The van der Waals surface area contributed by atoms with Gasteiger partial charge in [-0.25, -0.2) is 0 Å². The lowest BCUT2D eigenvalue weighted by Gasteiger charge is -2.36. The molecule has 0 aromatic heterocycles. The first-order chi connectivity index (χ1) is 16.7. The predicted molar refractivity (Wildman–Crippen MR) is 167 cm³/mol. The molecule has 3 unspecified atom stereocenters. The van der Waals surface area contributed by atoms with E-state index in [0.29, 0.717) is 27.8 Å². The highest BCUT2D eigenvalue weighted by molar-refractivity contribution is 14.1. The largest absolute Gasteiger partial charge is 0.377 e. The molecule has 3 atom stereocenters. The van der Waals surface area contributed by atoms with Gasteiger partial charge in [-0.3, -0.25) is 0 Å². The molecule has 0 radical (unpaired) electrons. The van der Waals surface area contributed by atoms with Crippen molar-refractivity contribution in [3.63, 3.8) is 0 Å². The van der Waals surface area contributed by atoms with Crippen LogP contribution < -0.4 is 0 Å². The summed E-state index contributed by atoms with van der Waals surface area (Å²) in [6.45, 7) is 25.8. The number of allylic oxidation sites excluding steroid dienone is 2. The highest BCUT2D eigenvalue weighted by Crippen LogP contribution is 2.64. The van der Waals surface area contributed by atoms with Gasteiger partial charge >= 0.3 is 0 Å². The minimum absolute atomic E-state index is 0.458. The number of alkyl halides is 1. The van der Waals surface area contributed by atoms with Gasteiger partial charge < -0.3 is 4.74 Å². The molecule has 5 aliphatic rings. The number of hydrogen-bond acceptors (Lipinski definition) is 1. The molecule has 0 spiro atoms. The van der Waals surface area contributed by atoms with E-state index < -0.39 is 0 Å². The Hall–Kier alpha value is 0.430. The Bertz CT molecular complexity index is 699. The van der Waals surface area contributed by atoms with Crippen LogP contribution in [0.1, 0.15) is 140 Å². The second-order valence-electron chi connectivity index (χ2n) is 15.3. The van der Waals surface area contributed by atoms with Gasteiger partial charge in [-0.2, -0.15) is 0 Å². The summed E-state index contributed by atoms with van der Waals surface area (Å²) >= 11 is 2.38. The van der Waals surface area contributed by atoms with Crippen molar-refractivity contribution in [3.8, 4) is 0 Å². The average molecular weight is 613 g/mol. The minimum Gasteiger partial charge on any atom is -0.377 e. The van der Waals surface area contributed by atoms with Crippen molar-refractivity contribution in [2.75, 3.05) is 11.0 Å². The van der Waals surface area contributed by atoms with Gasteiger partial charge in [0.1, 0.15) is 0 Å². The van der Waals surface area contributed by atoms with Gasteiger partial charge in [0, 0.05) is 11.0 Å². The van der Waals surface area contributed by atoms with E-state index in [1.165, 1.54) is 70.6 Å². The topological polar surface area (TPSA) is 9.23 Å². The monoisotopic (exact) mass is 612 g/mol. The zero-order valence-electron chi connectivity index (χ0n) is 25.9. The molecule has 0 aromatic rings. The van der Waals surface area contributed by atoms with Gasteiger partial charge in [-0.15, -0.1) is 0 Å². The van der Waals surface area contributed by atoms with Crippen molar-refractivity contribution in [1.82, 2.24) is 0 Å². The van der Waals surface area contributed by atoms with Crippen molar-refractivity contribution < 1.29 is 4.74 Å². The van der Waals surface area contributed by atoms with E-state index in [-0.39, 0.29) is 0 Å². The Kier molecular flexibility index (Phi) is 10.2. The smallest absolute Gasteiger partial charge is 0.0664 e. The SMILES string of the molecule is CC1C(C)(C)C2=C(CCCC2)C1(C)C.CC1C(C)(C)C2CCCCC2C1(C)C.ICC1CCCCO1. The zero-order chi connectivity index (χ0) is 26.9. The van der Waals surface area contributed by atoms with Crippen molar-refractivity contribution in [2.45, 2.75) is 146 Å². The van der Waals surface area contributed by atoms with Crippen LogP contribution in [0.15, 0.2) is 11.1 Å². The maximum absolute atomic E-state index is 5.42. The highest BCUT2D eigenvalue weighted by atomic mass is 127. The van der Waals surface area contributed by atoms with Crippen LogP contribution in [0.25, 0.3) is 0 Å². The zero-order valence-corrected chi connectivity index (χ0v) is 28.0. The van der Waals surface area contributed by atoms with Gasteiger partial charge in [0.15, 0.2) is 0 Å². The molecule has 5 rings (SSSR count). The number of ether oxygens (including phenoxy) is 1. The predicted octanol–water partition coefficient (Wildman–Crippen LogP) is 11.0. The van der Waals surface area contributed by atoms with Gasteiger partial charge in [-0.05, 0) is 103 Å². The summed E-state index contributed by atoms with van der Waals surface area (Å²) in [5.74, 6) is 3.68. The van der Waals surface area contributed by atoms with Crippen molar-refractivity contribution >= 4 is 22.6 Å². The van der Waals surface area contributed by atoms with Crippen LogP contribution in [0.2, 0.25) is 0 Å². The molecule has 0 aromatic carbocycles. The molecular weight excluding hydrogens is 551 g/mol. The molecule has 0 bridgehead atoms. The third-order valence-corrected chi connectivity index (χ3v) is 13.5. The Morgan fingerprint density at radius 1 is 0.639 bits per heavy atom.